The minimum Gasteiger partial charge on any atom is -0.358 e. The van der Waals surface area contributed by atoms with Gasteiger partial charge in [0.2, 0.25) is 11.8 Å². The summed E-state index contributed by atoms with van der Waals surface area (Å²) >= 11 is 0. The van der Waals surface area contributed by atoms with Crippen LogP contribution in [0.3, 0.4) is 0 Å². The summed E-state index contributed by atoms with van der Waals surface area (Å²) in [5, 5.41) is 2.49. The van der Waals surface area contributed by atoms with Gasteiger partial charge in [-0.25, -0.2) is 4.39 Å². The standard InChI is InChI=1S/C15H19FN2O2/c1-17-13(19)10-18(2)14(20)15(7-4-8-15)11-5-3-6-12(16)9-11/h3,5-6,9H,4,7-8,10H2,1-2H3,(H,17,19). The molecular formula is C15H19FN2O2. The average Bonchev–Trinajstić information content (AvgIpc) is 2.37. The Kier molecular flexibility index (Phi) is 4.06. The molecule has 0 unspecified atom stereocenters. The van der Waals surface area contributed by atoms with Gasteiger partial charge in [-0.15, -0.1) is 0 Å². The first kappa shape index (κ1) is 14.5. The Bertz CT molecular complexity index is 526. The van der Waals surface area contributed by atoms with Crippen LogP contribution >= 0.6 is 0 Å². The molecule has 0 radical (unpaired) electrons. The molecule has 1 aliphatic rings. The van der Waals surface area contributed by atoms with E-state index >= 15 is 0 Å². The van der Waals surface area contributed by atoms with Crippen LogP contribution in [0.25, 0.3) is 0 Å². The summed E-state index contributed by atoms with van der Waals surface area (Å²) < 4.78 is 13.4. The highest BCUT2D eigenvalue weighted by atomic mass is 19.1. The van der Waals surface area contributed by atoms with E-state index in [9.17, 15) is 14.0 Å². The molecule has 1 aliphatic carbocycles. The van der Waals surface area contributed by atoms with E-state index in [0.29, 0.717) is 18.4 Å². The third-order valence-corrected chi connectivity index (χ3v) is 4.00. The predicted octanol–water partition coefficient (Wildman–Crippen LogP) is 1.45. The first-order valence-corrected chi connectivity index (χ1v) is 6.72. The Morgan fingerprint density at radius 2 is 2.10 bits per heavy atom. The Hall–Kier alpha value is -1.91. The van der Waals surface area contributed by atoms with Crippen molar-refractivity contribution >= 4 is 11.8 Å². The molecule has 1 saturated carbocycles. The first-order chi connectivity index (χ1) is 9.49. The lowest BCUT2D eigenvalue weighted by Crippen LogP contribution is -2.51. The average molecular weight is 278 g/mol. The Morgan fingerprint density at radius 1 is 1.40 bits per heavy atom. The van der Waals surface area contributed by atoms with Crippen LogP contribution in [0.4, 0.5) is 4.39 Å². The first-order valence-electron chi connectivity index (χ1n) is 6.72. The molecule has 0 saturated heterocycles. The van der Waals surface area contributed by atoms with E-state index in [0.717, 1.165) is 6.42 Å². The molecule has 1 N–H and O–H groups in total. The molecule has 0 aliphatic heterocycles. The smallest absolute Gasteiger partial charge is 0.239 e. The minimum atomic E-state index is -0.662. The summed E-state index contributed by atoms with van der Waals surface area (Å²) in [6, 6.07) is 6.20. The molecule has 1 aromatic carbocycles. The van der Waals surface area contributed by atoms with Crippen LogP contribution in [0.1, 0.15) is 24.8 Å². The van der Waals surface area contributed by atoms with Crippen molar-refractivity contribution in [3.8, 4) is 0 Å². The van der Waals surface area contributed by atoms with Gasteiger partial charge in [0, 0.05) is 14.1 Å². The fourth-order valence-corrected chi connectivity index (χ4v) is 2.67. The van der Waals surface area contributed by atoms with E-state index in [1.54, 1.807) is 19.2 Å². The lowest BCUT2D eigenvalue weighted by atomic mass is 9.63. The summed E-state index contributed by atoms with van der Waals surface area (Å²) in [4.78, 5) is 25.4. The van der Waals surface area contributed by atoms with Gasteiger partial charge >= 0.3 is 0 Å². The summed E-state index contributed by atoms with van der Waals surface area (Å²) in [7, 11) is 3.14. The molecule has 4 nitrogen and oxygen atoms in total. The maximum atomic E-state index is 13.4. The number of likely N-dealkylation sites (N-methyl/N-ethyl adjacent to an activating group) is 2. The zero-order valence-electron chi connectivity index (χ0n) is 11.8. The Balaban J connectivity index is 2.23. The van der Waals surface area contributed by atoms with Gasteiger partial charge in [0.05, 0.1) is 12.0 Å². The maximum Gasteiger partial charge on any atom is 0.239 e. The number of nitrogens with one attached hydrogen (secondary N) is 1. The third-order valence-electron chi connectivity index (χ3n) is 4.00. The van der Waals surface area contributed by atoms with E-state index in [1.807, 2.05) is 0 Å². The van der Waals surface area contributed by atoms with Crippen LogP contribution < -0.4 is 5.32 Å². The molecule has 0 aromatic heterocycles. The lowest BCUT2D eigenvalue weighted by Gasteiger charge is -2.43. The number of halogens is 1. The van der Waals surface area contributed by atoms with Crippen molar-refractivity contribution in [3.63, 3.8) is 0 Å². The number of hydrogen-bond donors (Lipinski definition) is 1. The Labute approximate surface area is 118 Å². The number of carbonyl (C=O) groups is 2. The van der Waals surface area contributed by atoms with Gasteiger partial charge in [0.15, 0.2) is 0 Å². The van der Waals surface area contributed by atoms with Gasteiger partial charge < -0.3 is 10.2 Å². The minimum absolute atomic E-state index is 0.0202. The second-order valence-electron chi connectivity index (χ2n) is 5.28. The highest BCUT2D eigenvalue weighted by Crippen LogP contribution is 2.45. The summed E-state index contributed by atoms with van der Waals surface area (Å²) in [5.74, 6) is -0.664. The molecule has 1 aromatic rings. The van der Waals surface area contributed by atoms with Gasteiger partial charge in [-0.05, 0) is 30.5 Å². The molecule has 0 bridgehead atoms. The highest BCUT2D eigenvalue weighted by molar-refractivity contribution is 5.92. The Morgan fingerprint density at radius 3 is 2.60 bits per heavy atom. The highest BCUT2D eigenvalue weighted by Gasteiger charge is 2.47. The van der Waals surface area contributed by atoms with Crippen LogP contribution in [0, 0.1) is 5.82 Å². The quantitative estimate of drug-likeness (QED) is 0.906. The number of amides is 2. The van der Waals surface area contributed by atoms with Crippen LogP contribution in [0.2, 0.25) is 0 Å². The van der Waals surface area contributed by atoms with E-state index in [4.69, 9.17) is 0 Å². The van der Waals surface area contributed by atoms with Crippen molar-refractivity contribution in [3.05, 3.63) is 35.6 Å². The van der Waals surface area contributed by atoms with Gasteiger partial charge in [0.1, 0.15) is 5.82 Å². The SMILES string of the molecule is CNC(=O)CN(C)C(=O)C1(c2cccc(F)c2)CCC1. The van der Waals surface area contributed by atoms with Crippen molar-refractivity contribution in [2.45, 2.75) is 24.7 Å². The van der Waals surface area contributed by atoms with Crippen molar-refractivity contribution in [1.29, 1.82) is 0 Å². The second-order valence-corrected chi connectivity index (χ2v) is 5.28. The third kappa shape index (κ3) is 2.53. The van der Waals surface area contributed by atoms with E-state index in [2.05, 4.69) is 5.32 Å². The van der Waals surface area contributed by atoms with Gasteiger partial charge in [-0.2, -0.15) is 0 Å². The fourth-order valence-electron chi connectivity index (χ4n) is 2.67. The molecule has 0 spiro atoms. The second kappa shape index (κ2) is 5.61. The predicted molar refractivity (Wildman–Crippen MR) is 73.6 cm³/mol. The number of benzene rings is 1. The molecule has 2 amide bonds. The van der Waals surface area contributed by atoms with Crippen LogP contribution in [-0.4, -0.2) is 37.4 Å². The number of carbonyl (C=O) groups excluding carboxylic acids is 2. The van der Waals surface area contributed by atoms with Crippen LogP contribution in [0.15, 0.2) is 24.3 Å². The molecule has 108 valence electrons. The summed E-state index contributed by atoms with van der Waals surface area (Å²) in [6.45, 7) is 0.0202. The van der Waals surface area contributed by atoms with Crippen LogP contribution in [0.5, 0.6) is 0 Å². The van der Waals surface area contributed by atoms with Gasteiger partial charge in [-0.1, -0.05) is 18.6 Å². The molecule has 0 atom stereocenters. The zero-order valence-corrected chi connectivity index (χ0v) is 11.8. The molecular weight excluding hydrogens is 259 g/mol. The lowest BCUT2D eigenvalue weighted by molar-refractivity contribution is -0.142. The fraction of sp³-hybridized carbons (Fsp3) is 0.467. The molecule has 2 rings (SSSR count). The van der Waals surface area contributed by atoms with Gasteiger partial charge in [-0.3, -0.25) is 9.59 Å². The molecule has 20 heavy (non-hydrogen) atoms. The molecule has 0 heterocycles. The van der Waals surface area contributed by atoms with E-state index in [1.165, 1.54) is 24.1 Å². The van der Waals surface area contributed by atoms with Crippen LogP contribution in [-0.2, 0) is 15.0 Å². The van der Waals surface area contributed by atoms with E-state index < -0.39 is 5.41 Å². The monoisotopic (exact) mass is 278 g/mol. The molecule has 1 fully saturated rings. The summed E-state index contributed by atoms with van der Waals surface area (Å²) in [6.07, 6.45) is 2.34. The largest absolute Gasteiger partial charge is 0.358 e. The van der Waals surface area contributed by atoms with E-state index in [-0.39, 0.29) is 24.2 Å². The summed E-state index contributed by atoms with van der Waals surface area (Å²) in [5.41, 5.74) is 0.0442. The van der Waals surface area contributed by atoms with Gasteiger partial charge in [0.25, 0.3) is 0 Å². The van der Waals surface area contributed by atoms with Crippen molar-refractivity contribution in [2.75, 3.05) is 20.6 Å². The topological polar surface area (TPSA) is 49.4 Å². The van der Waals surface area contributed by atoms with Crippen molar-refractivity contribution < 1.29 is 14.0 Å². The molecule has 5 heteroatoms. The maximum absolute atomic E-state index is 13.4. The zero-order chi connectivity index (χ0) is 14.8. The number of rotatable bonds is 4. The normalized spacial score (nSPS) is 16.1. The number of nitrogens with zero attached hydrogens (tertiary/aromatic N) is 1. The number of hydrogen-bond acceptors (Lipinski definition) is 2. The van der Waals surface area contributed by atoms with Crippen molar-refractivity contribution in [2.24, 2.45) is 0 Å². The van der Waals surface area contributed by atoms with Crippen molar-refractivity contribution in [1.82, 2.24) is 10.2 Å².